The first kappa shape index (κ1) is 14.3. The van der Waals surface area contributed by atoms with Crippen LogP contribution in [0.4, 0.5) is 0 Å². The van der Waals surface area contributed by atoms with Gasteiger partial charge in [0.15, 0.2) is 6.29 Å². The van der Waals surface area contributed by atoms with Gasteiger partial charge in [-0.1, -0.05) is 6.92 Å². The molecule has 2 aliphatic rings. The molecule has 15 heavy (non-hydrogen) atoms. The predicted molar refractivity (Wildman–Crippen MR) is 49.8 cm³/mol. The minimum atomic E-state index is -0.443. The molecule has 5 heteroatoms. The molecule has 0 aromatic carbocycles. The standard InChI is InChI=1S/C10H18O4.Ac/c1-5-9(11)6(2)13-8-4-12-7(3)14-10(5)8;/h5-11H,4H2,1-3H3;/t5-,6+,7?,8?,9?,10-;/m1./s1. The normalized spacial score (nSPS) is 50.4. The summed E-state index contributed by atoms with van der Waals surface area (Å²) in [6.45, 7) is 6.31. The summed E-state index contributed by atoms with van der Waals surface area (Å²) in [5, 5.41) is 9.83. The Kier molecular flexibility index (Phi) is 5.50. The SMILES string of the molecule is CC1OCC2O[C@@H](C)C(O)[C@@H](C)[C@H]2O1.[Ac]. The molecule has 0 amide bonds. The van der Waals surface area contributed by atoms with Crippen LogP contribution in [0.5, 0.6) is 0 Å². The molecule has 4 nitrogen and oxygen atoms in total. The number of ether oxygens (including phenoxy) is 3. The van der Waals surface area contributed by atoms with Gasteiger partial charge in [-0.2, -0.15) is 0 Å². The summed E-state index contributed by atoms with van der Waals surface area (Å²) in [5.41, 5.74) is 0. The van der Waals surface area contributed by atoms with E-state index in [2.05, 4.69) is 0 Å². The van der Waals surface area contributed by atoms with E-state index in [1.807, 2.05) is 20.8 Å². The van der Waals surface area contributed by atoms with E-state index in [0.717, 1.165) is 0 Å². The van der Waals surface area contributed by atoms with Crippen molar-refractivity contribution in [1.29, 1.82) is 0 Å². The zero-order chi connectivity index (χ0) is 10.3. The summed E-state index contributed by atoms with van der Waals surface area (Å²) in [6, 6.07) is 0. The molecule has 0 saturated carbocycles. The quantitative estimate of drug-likeness (QED) is 0.611. The number of aliphatic hydroxyl groups excluding tert-OH is 1. The maximum Gasteiger partial charge on any atom is 0.155 e. The van der Waals surface area contributed by atoms with E-state index in [4.69, 9.17) is 14.2 Å². The second-order valence-electron chi connectivity index (χ2n) is 4.23. The Morgan fingerprint density at radius 3 is 2.47 bits per heavy atom. The van der Waals surface area contributed by atoms with Gasteiger partial charge in [0.05, 0.1) is 24.9 Å². The molecule has 3 unspecified atom stereocenters. The molecule has 85 valence electrons. The van der Waals surface area contributed by atoms with Crippen molar-refractivity contribution in [3.05, 3.63) is 0 Å². The van der Waals surface area contributed by atoms with Crippen LogP contribution in [0.25, 0.3) is 0 Å². The molecule has 6 atom stereocenters. The molecule has 0 aliphatic carbocycles. The summed E-state index contributed by atoms with van der Waals surface area (Å²) in [4.78, 5) is 0. The molecule has 2 fully saturated rings. The first-order valence-electron chi connectivity index (χ1n) is 5.20. The number of hydrogen-bond acceptors (Lipinski definition) is 4. The molecule has 2 rings (SSSR count). The van der Waals surface area contributed by atoms with Crippen molar-refractivity contribution in [3.63, 3.8) is 0 Å². The Hall–Kier alpha value is 1.28. The van der Waals surface area contributed by atoms with Gasteiger partial charge in [0.1, 0.15) is 6.10 Å². The molecule has 0 aromatic rings. The van der Waals surface area contributed by atoms with Crippen LogP contribution in [-0.2, 0) is 14.2 Å². The van der Waals surface area contributed by atoms with Gasteiger partial charge < -0.3 is 19.3 Å². The maximum absolute atomic E-state index is 9.83. The van der Waals surface area contributed by atoms with Gasteiger partial charge in [0, 0.05) is 50.0 Å². The molecule has 2 saturated heterocycles. The Labute approximate surface area is 126 Å². The van der Waals surface area contributed by atoms with Crippen LogP contribution in [0.3, 0.4) is 0 Å². The van der Waals surface area contributed by atoms with Crippen molar-refractivity contribution in [3.8, 4) is 0 Å². The number of fused-ring (bicyclic) bond motifs is 1. The second-order valence-corrected chi connectivity index (χ2v) is 4.23. The largest absolute Gasteiger partial charge is 0.390 e. The fourth-order valence-electron chi connectivity index (χ4n) is 2.23. The van der Waals surface area contributed by atoms with Crippen molar-refractivity contribution in [1.82, 2.24) is 0 Å². The third-order valence-electron chi connectivity index (χ3n) is 3.14. The number of hydrogen-bond donors (Lipinski definition) is 1. The first-order chi connectivity index (χ1) is 6.59. The Morgan fingerprint density at radius 1 is 1.13 bits per heavy atom. The van der Waals surface area contributed by atoms with Crippen LogP contribution in [0, 0.1) is 50.0 Å². The summed E-state index contributed by atoms with van der Waals surface area (Å²) in [6.07, 6.45) is -0.833. The summed E-state index contributed by atoms with van der Waals surface area (Å²) >= 11 is 0. The van der Waals surface area contributed by atoms with Crippen LogP contribution in [-0.4, -0.2) is 42.4 Å². The molecule has 0 aromatic heterocycles. The Balaban J connectivity index is 0.00000112. The summed E-state index contributed by atoms with van der Waals surface area (Å²) in [5.74, 6) is 0.107. The van der Waals surface area contributed by atoms with Crippen LogP contribution in [0.15, 0.2) is 0 Å². The Bertz CT molecular complexity index is 212. The zero-order valence-corrected chi connectivity index (χ0v) is 14.2. The van der Waals surface area contributed by atoms with E-state index in [0.29, 0.717) is 6.61 Å². The van der Waals surface area contributed by atoms with Gasteiger partial charge >= 0.3 is 0 Å². The van der Waals surface area contributed by atoms with E-state index in [-0.39, 0.29) is 74.6 Å². The van der Waals surface area contributed by atoms with Crippen LogP contribution >= 0.6 is 0 Å². The van der Waals surface area contributed by atoms with Gasteiger partial charge in [-0.25, -0.2) is 0 Å². The smallest absolute Gasteiger partial charge is 0.155 e. The van der Waals surface area contributed by atoms with Crippen LogP contribution in [0.1, 0.15) is 20.8 Å². The minimum Gasteiger partial charge on any atom is -0.390 e. The second kappa shape index (κ2) is 5.75. The molecule has 0 spiro atoms. The number of rotatable bonds is 0. The monoisotopic (exact) mass is 429 g/mol. The molecule has 0 bridgehead atoms. The fourth-order valence-corrected chi connectivity index (χ4v) is 2.23. The van der Waals surface area contributed by atoms with Crippen LogP contribution in [0.2, 0.25) is 0 Å². The molecular formula is C10H18AcO4. The van der Waals surface area contributed by atoms with Crippen molar-refractivity contribution < 1.29 is 63.4 Å². The van der Waals surface area contributed by atoms with E-state index >= 15 is 0 Å². The molecular weight excluding hydrogens is 411 g/mol. The van der Waals surface area contributed by atoms with Crippen LogP contribution < -0.4 is 0 Å². The van der Waals surface area contributed by atoms with Gasteiger partial charge in [-0.15, -0.1) is 0 Å². The zero-order valence-electron chi connectivity index (χ0n) is 9.42. The third-order valence-corrected chi connectivity index (χ3v) is 3.14. The van der Waals surface area contributed by atoms with Gasteiger partial charge in [0.2, 0.25) is 0 Å². The van der Waals surface area contributed by atoms with E-state index in [9.17, 15) is 5.11 Å². The Morgan fingerprint density at radius 2 is 1.80 bits per heavy atom. The van der Waals surface area contributed by atoms with E-state index in [1.165, 1.54) is 0 Å². The maximum atomic E-state index is 9.83. The van der Waals surface area contributed by atoms with Crippen molar-refractivity contribution in [2.45, 2.75) is 51.5 Å². The first-order valence-corrected chi connectivity index (χ1v) is 5.20. The molecule has 1 radical (unpaired) electrons. The summed E-state index contributed by atoms with van der Waals surface area (Å²) < 4.78 is 16.6. The summed E-state index contributed by atoms with van der Waals surface area (Å²) in [7, 11) is 0. The van der Waals surface area contributed by atoms with Gasteiger partial charge in [-0.3, -0.25) is 0 Å². The predicted octanol–water partition coefficient (Wildman–Crippen LogP) is 0.532. The molecule has 2 heterocycles. The van der Waals surface area contributed by atoms with Gasteiger partial charge in [-0.05, 0) is 13.8 Å². The average Bonchev–Trinajstić information content (AvgIpc) is 2.16. The van der Waals surface area contributed by atoms with Crippen molar-refractivity contribution in [2.24, 2.45) is 5.92 Å². The third kappa shape index (κ3) is 2.94. The number of aliphatic hydroxyl groups is 1. The van der Waals surface area contributed by atoms with Crippen molar-refractivity contribution >= 4 is 0 Å². The molecule has 1 N–H and O–H groups in total. The average molecular weight is 429 g/mol. The van der Waals surface area contributed by atoms with E-state index in [1.54, 1.807) is 0 Å². The molecule has 2 aliphatic heterocycles. The fraction of sp³-hybridized carbons (Fsp3) is 1.00. The van der Waals surface area contributed by atoms with Crippen molar-refractivity contribution in [2.75, 3.05) is 6.61 Å². The topological polar surface area (TPSA) is 47.9 Å². The minimum absolute atomic E-state index is 0. The van der Waals surface area contributed by atoms with E-state index < -0.39 is 6.10 Å². The van der Waals surface area contributed by atoms with Gasteiger partial charge in [0.25, 0.3) is 0 Å².